The van der Waals surface area contributed by atoms with Gasteiger partial charge in [0.1, 0.15) is 0 Å². The Morgan fingerprint density at radius 2 is 1.73 bits per heavy atom. The monoisotopic (exact) mass is 404 g/mol. The van der Waals surface area contributed by atoms with Gasteiger partial charge in [0.15, 0.2) is 0 Å². The van der Waals surface area contributed by atoms with Crippen molar-refractivity contribution in [3.05, 3.63) is 58.7 Å². The molecule has 4 nitrogen and oxygen atoms in total. The summed E-state index contributed by atoms with van der Waals surface area (Å²) in [6.07, 6.45) is 11.6. The first-order chi connectivity index (χ1) is 14.6. The lowest BCUT2D eigenvalue weighted by atomic mass is 9.66. The molecule has 0 unspecified atom stereocenters. The Morgan fingerprint density at radius 1 is 1.00 bits per heavy atom. The SMILES string of the molecule is C[C@H]1[C@@H](c2ccccc2)N(C(=O)[C@H]2C=C3CCCCC3=C3CCCC[C@@H]32)C(=O)N1C. The van der Waals surface area contributed by atoms with Gasteiger partial charge >= 0.3 is 6.03 Å². The molecule has 5 rings (SSSR count). The quantitative estimate of drug-likeness (QED) is 0.641. The van der Waals surface area contributed by atoms with Gasteiger partial charge in [-0.15, -0.1) is 0 Å². The van der Waals surface area contributed by atoms with E-state index < -0.39 is 0 Å². The van der Waals surface area contributed by atoms with Crippen LogP contribution in [0.4, 0.5) is 4.79 Å². The van der Waals surface area contributed by atoms with Crippen molar-refractivity contribution in [3.8, 4) is 0 Å². The molecule has 3 fully saturated rings. The van der Waals surface area contributed by atoms with Gasteiger partial charge in [0, 0.05) is 7.05 Å². The molecule has 4 aliphatic rings. The Kier molecular flexibility index (Phi) is 5.04. The fourth-order valence-electron chi connectivity index (χ4n) is 6.23. The molecule has 0 radical (unpaired) electrons. The van der Waals surface area contributed by atoms with Crippen molar-refractivity contribution in [2.24, 2.45) is 11.8 Å². The predicted molar refractivity (Wildman–Crippen MR) is 118 cm³/mol. The van der Waals surface area contributed by atoms with Crippen molar-refractivity contribution < 1.29 is 9.59 Å². The van der Waals surface area contributed by atoms with Crippen molar-refractivity contribution in [2.45, 2.75) is 70.4 Å². The lowest BCUT2D eigenvalue weighted by Crippen LogP contribution is -2.43. The number of rotatable bonds is 2. The summed E-state index contributed by atoms with van der Waals surface area (Å²) in [4.78, 5) is 30.6. The van der Waals surface area contributed by atoms with E-state index in [4.69, 9.17) is 0 Å². The van der Waals surface area contributed by atoms with Gasteiger partial charge in [0.25, 0.3) is 0 Å². The number of nitrogens with zero attached hydrogens (tertiary/aromatic N) is 2. The van der Waals surface area contributed by atoms with Gasteiger partial charge in [-0.3, -0.25) is 9.69 Å². The molecule has 158 valence electrons. The van der Waals surface area contributed by atoms with Crippen LogP contribution in [-0.4, -0.2) is 34.8 Å². The van der Waals surface area contributed by atoms with E-state index in [0.29, 0.717) is 0 Å². The molecule has 0 aromatic heterocycles. The number of benzene rings is 1. The normalized spacial score (nSPS) is 31.4. The molecular weight excluding hydrogens is 372 g/mol. The van der Waals surface area contributed by atoms with Crippen molar-refractivity contribution in [1.29, 1.82) is 0 Å². The van der Waals surface area contributed by atoms with Crippen molar-refractivity contribution in [3.63, 3.8) is 0 Å². The van der Waals surface area contributed by atoms with Crippen LogP contribution in [0.3, 0.4) is 0 Å². The van der Waals surface area contributed by atoms with E-state index in [2.05, 4.69) is 6.08 Å². The largest absolute Gasteiger partial charge is 0.327 e. The molecule has 1 aromatic carbocycles. The zero-order valence-corrected chi connectivity index (χ0v) is 18.1. The fourth-order valence-corrected chi connectivity index (χ4v) is 6.23. The van der Waals surface area contributed by atoms with E-state index >= 15 is 0 Å². The van der Waals surface area contributed by atoms with E-state index in [1.807, 2.05) is 44.3 Å². The van der Waals surface area contributed by atoms with Crippen LogP contribution in [0.5, 0.6) is 0 Å². The van der Waals surface area contributed by atoms with Gasteiger partial charge < -0.3 is 4.90 Å². The molecule has 4 heteroatoms. The zero-order valence-electron chi connectivity index (χ0n) is 18.1. The number of likely N-dealkylation sites (N-methyl/N-ethyl adjacent to an activating group) is 1. The average molecular weight is 405 g/mol. The van der Waals surface area contributed by atoms with Crippen LogP contribution in [0.1, 0.15) is 69.9 Å². The summed E-state index contributed by atoms with van der Waals surface area (Å²) in [5.41, 5.74) is 5.54. The molecule has 4 atom stereocenters. The van der Waals surface area contributed by atoms with Crippen LogP contribution in [0.2, 0.25) is 0 Å². The van der Waals surface area contributed by atoms with Crippen LogP contribution in [0.25, 0.3) is 0 Å². The number of hydrogen-bond donors (Lipinski definition) is 0. The first-order valence-corrected chi connectivity index (χ1v) is 11.7. The minimum absolute atomic E-state index is 0.00609. The Morgan fingerprint density at radius 3 is 2.53 bits per heavy atom. The number of fused-ring (bicyclic) bond motifs is 2. The number of allylic oxidation sites excluding steroid dienone is 3. The third-order valence-electron chi connectivity index (χ3n) is 7.89. The van der Waals surface area contributed by atoms with Crippen LogP contribution in [0, 0.1) is 11.8 Å². The topological polar surface area (TPSA) is 40.6 Å². The second kappa shape index (κ2) is 7.72. The Balaban J connectivity index is 1.53. The Hall–Kier alpha value is -2.36. The molecule has 1 saturated heterocycles. The summed E-state index contributed by atoms with van der Waals surface area (Å²) >= 11 is 0. The summed E-state index contributed by atoms with van der Waals surface area (Å²) in [5.74, 6) is 0.103. The molecule has 2 saturated carbocycles. The highest BCUT2D eigenvalue weighted by atomic mass is 16.2. The van der Waals surface area contributed by atoms with Gasteiger partial charge in [0.2, 0.25) is 5.91 Å². The molecule has 1 aromatic rings. The van der Waals surface area contributed by atoms with Crippen molar-refractivity contribution in [1.82, 2.24) is 9.80 Å². The maximum Gasteiger partial charge on any atom is 0.327 e. The van der Waals surface area contributed by atoms with Crippen LogP contribution in [-0.2, 0) is 4.79 Å². The van der Waals surface area contributed by atoms with Gasteiger partial charge in [-0.05, 0) is 74.5 Å². The number of carbonyl (C=O) groups is 2. The number of urea groups is 1. The number of carbonyl (C=O) groups excluding carboxylic acids is 2. The first-order valence-electron chi connectivity index (χ1n) is 11.7. The molecule has 0 N–H and O–H groups in total. The standard InChI is InChI=1S/C26H32N2O2/c1-17-24(18-10-4-3-5-11-18)28(26(30)27(17)2)25(29)23-16-19-12-6-7-13-20(19)21-14-8-9-15-22(21)23/h3-5,10-11,16-17,22-24H,6-9,12-15H2,1-2H3/t17-,22-,23-,24-/m0/s1. The van der Waals surface area contributed by atoms with E-state index in [-0.39, 0.29) is 35.9 Å². The lowest BCUT2D eigenvalue weighted by molar-refractivity contribution is -0.133. The highest BCUT2D eigenvalue weighted by Gasteiger charge is 2.49. The second-order valence-corrected chi connectivity index (χ2v) is 9.48. The van der Waals surface area contributed by atoms with Gasteiger partial charge in [0.05, 0.1) is 18.0 Å². The number of hydrogen-bond acceptors (Lipinski definition) is 2. The van der Waals surface area contributed by atoms with E-state index in [1.54, 1.807) is 20.9 Å². The van der Waals surface area contributed by atoms with Crippen molar-refractivity contribution >= 4 is 11.9 Å². The van der Waals surface area contributed by atoms with Gasteiger partial charge in [-0.2, -0.15) is 0 Å². The summed E-state index contributed by atoms with van der Waals surface area (Å²) in [5, 5.41) is 0. The third kappa shape index (κ3) is 3.03. The average Bonchev–Trinajstić information content (AvgIpc) is 3.02. The fraction of sp³-hybridized carbons (Fsp3) is 0.538. The highest BCUT2D eigenvalue weighted by molar-refractivity contribution is 5.99. The summed E-state index contributed by atoms with van der Waals surface area (Å²) in [6.45, 7) is 2.05. The summed E-state index contributed by atoms with van der Waals surface area (Å²) in [7, 11) is 1.82. The van der Waals surface area contributed by atoms with E-state index in [0.717, 1.165) is 24.8 Å². The minimum atomic E-state index is -0.224. The van der Waals surface area contributed by atoms with E-state index in [9.17, 15) is 9.59 Å². The molecule has 0 bridgehead atoms. The first kappa shape index (κ1) is 19.6. The lowest BCUT2D eigenvalue weighted by Gasteiger charge is -2.40. The maximum absolute atomic E-state index is 14.0. The second-order valence-electron chi connectivity index (χ2n) is 9.48. The zero-order chi connectivity index (χ0) is 20.8. The highest BCUT2D eigenvalue weighted by Crippen LogP contribution is 2.48. The van der Waals surface area contributed by atoms with Gasteiger partial charge in [-0.1, -0.05) is 48.4 Å². The molecule has 3 amide bonds. The number of amides is 3. The third-order valence-corrected chi connectivity index (χ3v) is 7.89. The number of imide groups is 1. The van der Waals surface area contributed by atoms with Gasteiger partial charge in [-0.25, -0.2) is 4.79 Å². The van der Waals surface area contributed by atoms with Crippen LogP contribution in [0.15, 0.2) is 53.1 Å². The predicted octanol–water partition coefficient (Wildman–Crippen LogP) is 5.63. The molecule has 1 heterocycles. The Bertz CT molecular complexity index is 916. The van der Waals surface area contributed by atoms with Crippen LogP contribution >= 0.6 is 0 Å². The van der Waals surface area contributed by atoms with E-state index in [1.165, 1.54) is 37.7 Å². The van der Waals surface area contributed by atoms with Crippen molar-refractivity contribution in [2.75, 3.05) is 7.05 Å². The summed E-state index contributed by atoms with van der Waals surface area (Å²) in [6, 6.07) is 9.63. The molecule has 3 aliphatic carbocycles. The minimum Gasteiger partial charge on any atom is -0.322 e. The molecular formula is C26H32N2O2. The van der Waals surface area contributed by atoms with Crippen LogP contribution < -0.4 is 0 Å². The molecule has 0 spiro atoms. The maximum atomic E-state index is 14.0. The Labute approximate surface area is 179 Å². The smallest absolute Gasteiger partial charge is 0.322 e. The molecule has 30 heavy (non-hydrogen) atoms. The molecule has 1 aliphatic heterocycles. The summed E-state index contributed by atoms with van der Waals surface area (Å²) < 4.78 is 0.